The molecule has 0 radical (unpaired) electrons. The summed E-state index contributed by atoms with van der Waals surface area (Å²) in [7, 11) is 0. The molecule has 2 aliphatic heterocycles. The quantitative estimate of drug-likeness (QED) is 0.896. The van der Waals surface area contributed by atoms with Crippen LogP contribution in [-0.2, 0) is 16.8 Å². The zero-order valence-corrected chi connectivity index (χ0v) is 15.3. The Balaban J connectivity index is 0.00000192. The Morgan fingerprint density at radius 1 is 1.09 bits per heavy atom. The van der Waals surface area contributed by atoms with Crippen LogP contribution in [0.15, 0.2) is 24.3 Å². The van der Waals surface area contributed by atoms with E-state index in [-0.39, 0.29) is 23.2 Å². The highest BCUT2D eigenvalue weighted by atomic mass is 35.5. The van der Waals surface area contributed by atoms with Crippen molar-refractivity contribution in [1.29, 1.82) is 0 Å². The maximum absolute atomic E-state index is 12.8. The molecule has 23 heavy (non-hydrogen) atoms. The summed E-state index contributed by atoms with van der Waals surface area (Å²) < 4.78 is 0. The van der Waals surface area contributed by atoms with E-state index in [0.717, 1.165) is 45.4 Å². The third-order valence-corrected chi connectivity index (χ3v) is 5.36. The molecule has 0 aliphatic carbocycles. The van der Waals surface area contributed by atoms with Crippen molar-refractivity contribution in [2.75, 3.05) is 19.6 Å². The van der Waals surface area contributed by atoms with Crippen LogP contribution < -0.4 is 5.32 Å². The topological polar surface area (TPSA) is 32.3 Å². The predicted octanol–water partition coefficient (Wildman–Crippen LogP) is 3.51. The zero-order chi connectivity index (χ0) is 15.8. The van der Waals surface area contributed by atoms with Crippen LogP contribution in [0.25, 0.3) is 0 Å². The number of halogens is 1. The molecule has 1 aromatic rings. The van der Waals surface area contributed by atoms with Gasteiger partial charge in [-0.25, -0.2) is 0 Å². The van der Waals surface area contributed by atoms with E-state index in [2.05, 4.69) is 55.3 Å². The van der Waals surface area contributed by atoms with E-state index >= 15 is 0 Å². The van der Waals surface area contributed by atoms with Crippen molar-refractivity contribution < 1.29 is 4.79 Å². The molecule has 0 aromatic heterocycles. The molecule has 0 bridgehead atoms. The normalized spacial score (nSPS) is 20.7. The molecule has 4 heteroatoms. The number of hydrogen-bond donors (Lipinski definition) is 1. The first-order valence-electron chi connectivity index (χ1n) is 8.50. The molecule has 0 saturated carbocycles. The van der Waals surface area contributed by atoms with Crippen LogP contribution in [0.5, 0.6) is 0 Å². The maximum Gasteiger partial charge on any atom is 0.229 e. The molecule has 3 rings (SSSR count). The van der Waals surface area contributed by atoms with Gasteiger partial charge in [-0.3, -0.25) is 4.79 Å². The van der Waals surface area contributed by atoms with E-state index in [0.29, 0.717) is 5.91 Å². The summed E-state index contributed by atoms with van der Waals surface area (Å²) in [5, 5.41) is 3.37. The molecule has 2 saturated heterocycles. The first-order valence-corrected chi connectivity index (χ1v) is 8.50. The molecule has 3 nitrogen and oxygen atoms in total. The van der Waals surface area contributed by atoms with Gasteiger partial charge in [0.2, 0.25) is 5.91 Å². The molecular formula is C19H29ClN2O. The molecule has 2 heterocycles. The van der Waals surface area contributed by atoms with Gasteiger partial charge in [0.15, 0.2) is 0 Å². The number of hydrogen-bond acceptors (Lipinski definition) is 2. The molecule has 1 spiro atoms. The van der Waals surface area contributed by atoms with Crippen molar-refractivity contribution >= 4 is 18.3 Å². The minimum Gasteiger partial charge on any atom is -0.338 e. The molecule has 1 N–H and O–H groups in total. The third kappa shape index (κ3) is 3.72. The summed E-state index contributed by atoms with van der Waals surface area (Å²) in [6.07, 6.45) is 3.05. The minimum atomic E-state index is -0.0589. The predicted molar refractivity (Wildman–Crippen MR) is 97.0 cm³/mol. The van der Waals surface area contributed by atoms with E-state index in [9.17, 15) is 4.79 Å². The van der Waals surface area contributed by atoms with Gasteiger partial charge in [-0.2, -0.15) is 0 Å². The summed E-state index contributed by atoms with van der Waals surface area (Å²) in [4.78, 5) is 14.9. The van der Waals surface area contributed by atoms with Gasteiger partial charge in [-0.15, -0.1) is 12.4 Å². The van der Waals surface area contributed by atoms with Crippen LogP contribution in [0.2, 0.25) is 0 Å². The Labute approximate surface area is 146 Å². The molecule has 1 amide bonds. The van der Waals surface area contributed by atoms with Crippen molar-refractivity contribution in [1.82, 2.24) is 10.2 Å². The van der Waals surface area contributed by atoms with E-state index in [1.54, 1.807) is 0 Å². The number of rotatable bonds is 2. The Bertz CT molecular complexity index is 541. The van der Waals surface area contributed by atoms with Crippen LogP contribution in [0.3, 0.4) is 0 Å². The number of nitrogens with one attached hydrogen (secondary N) is 1. The zero-order valence-electron chi connectivity index (χ0n) is 14.5. The van der Waals surface area contributed by atoms with Crippen molar-refractivity contribution in [3.8, 4) is 0 Å². The summed E-state index contributed by atoms with van der Waals surface area (Å²) in [5.41, 5.74) is 2.71. The van der Waals surface area contributed by atoms with Crippen molar-refractivity contribution in [3.63, 3.8) is 0 Å². The lowest BCUT2D eigenvalue weighted by atomic mass is 9.78. The smallest absolute Gasteiger partial charge is 0.229 e. The molecule has 2 aliphatic rings. The highest BCUT2D eigenvalue weighted by molar-refractivity contribution is 5.85. The molecule has 2 fully saturated rings. The van der Waals surface area contributed by atoms with E-state index < -0.39 is 0 Å². The lowest BCUT2D eigenvalue weighted by Gasteiger charge is -2.32. The monoisotopic (exact) mass is 336 g/mol. The van der Waals surface area contributed by atoms with Gasteiger partial charge in [-0.1, -0.05) is 45.0 Å². The number of carbonyl (C=O) groups is 1. The first-order chi connectivity index (χ1) is 10.4. The molecule has 0 atom stereocenters. The largest absolute Gasteiger partial charge is 0.338 e. The van der Waals surface area contributed by atoms with Crippen LogP contribution in [-0.4, -0.2) is 30.4 Å². The third-order valence-electron chi connectivity index (χ3n) is 5.36. The fourth-order valence-corrected chi connectivity index (χ4v) is 3.74. The first kappa shape index (κ1) is 18.3. The average molecular weight is 337 g/mol. The average Bonchev–Trinajstić information content (AvgIpc) is 2.77. The number of carbonyl (C=O) groups excluding carboxylic acids is 1. The van der Waals surface area contributed by atoms with Crippen LogP contribution >= 0.6 is 12.4 Å². The lowest BCUT2D eigenvalue weighted by Crippen LogP contribution is -2.42. The van der Waals surface area contributed by atoms with Crippen molar-refractivity contribution in [2.24, 2.45) is 5.41 Å². The number of nitrogens with zero attached hydrogens (tertiary/aromatic N) is 1. The Hall–Kier alpha value is -1.06. The number of benzene rings is 1. The van der Waals surface area contributed by atoms with Gasteiger partial charge < -0.3 is 10.2 Å². The van der Waals surface area contributed by atoms with Crippen LogP contribution in [0.4, 0.5) is 0 Å². The Morgan fingerprint density at radius 3 is 2.26 bits per heavy atom. The van der Waals surface area contributed by atoms with E-state index in [4.69, 9.17) is 0 Å². The van der Waals surface area contributed by atoms with Gasteiger partial charge in [0.05, 0.1) is 5.41 Å². The SMILES string of the molecule is CC(C)(C)c1ccc(CN2CCC3(CCNCC3)C2=O)cc1.Cl. The van der Waals surface area contributed by atoms with Gasteiger partial charge in [0.25, 0.3) is 0 Å². The summed E-state index contributed by atoms with van der Waals surface area (Å²) in [5.74, 6) is 0.383. The second-order valence-electron chi connectivity index (χ2n) is 7.95. The number of amides is 1. The van der Waals surface area contributed by atoms with Gasteiger partial charge in [-0.05, 0) is 48.9 Å². The van der Waals surface area contributed by atoms with Gasteiger partial charge in [0.1, 0.15) is 0 Å². The summed E-state index contributed by atoms with van der Waals surface area (Å²) in [6, 6.07) is 8.77. The fraction of sp³-hybridized carbons (Fsp3) is 0.632. The summed E-state index contributed by atoms with van der Waals surface area (Å²) in [6.45, 7) is 10.3. The standard InChI is InChI=1S/C19H28N2O.ClH/c1-18(2,3)16-6-4-15(5-7-16)14-21-13-10-19(17(21)22)8-11-20-12-9-19;/h4-7,20H,8-14H2,1-3H3;1H. The van der Waals surface area contributed by atoms with Gasteiger partial charge >= 0.3 is 0 Å². The molecule has 1 aromatic carbocycles. The molecule has 128 valence electrons. The maximum atomic E-state index is 12.8. The highest BCUT2D eigenvalue weighted by Gasteiger charge is 2.46. The molecule has 0 unspecified atom stereocenters. The van der Waals surface area contributed by atoms with E-state index in [1.165, 1.54) is 11.1 Å². The van der Waals surface area contributed by atoms with Gasteiger partial charge in [0, 0.05) is 13.1 Å². The van der Waals surface area contributed by atoms with Crippen LogP contribution in [0, 0.1) is 5.41 Å². The van der Waals surface area contributed by atoms with E-state index in [1.807, 2.05) is 0 Å². The summed E-state index contributed by atoms with van der Waals surface area (Å²) >= 11 is 0. The van der Waals surface area contributed by atoms with Crippen LogP contribution in [0.1, 0.15) is 51.2 Å². The molecular weight excluding hydrogens is 308 g/mol. The Morgan fingerprint density at radius 2 is 1.70 bits per heavy atom. The minimum absolute atomic E-state index is 0. The Kier molecular flexibility index (Phi) is 5.42. The van der Waals surface area contributed by atoms with Crippen molar-refractivity contribution in [3.05, 3.63) is 35.4 Å². The second-order valence-corrected chi connectivity index (χ2v) is 7.95. The lowest BCUT2D eigenvalue weighted by molar-refractivity contribution is -0.137. The number of piperidine rings is 1. The number of likely N-dealkylation sites (tertiary alicyclic amines) is 1. The second kappa shape index (κ2) is 6.82. The highest BCUT2D eigenvalue weighted by Crippen LogP contribution is 2.40. The van der Waals surface area contributed by atoms with Crippen molar-refractivity contribution in [2.45, 2.75) is 52.0 Å². The fourth-order valence-electron chi connectivity index (χ4n) is 3.74.